The summed E-state index contributed by atoms with van der Waals surface area (Å²) in [7, 11) is 0. The van der Waals surface area contributed by atoms with Crippen molar-refractivity contribution in [2.75, 3.05) is 19.8 Å². The molecule has 2 heterocycles. The molecule has 2 aliphatic rings. The van der Waals surface area contributed by atoms with Crippen molar-refractivity contribution in [1.82, 2.24) is 14.9 Å². The maximum absolute atomic E-state index is 12.9. The predicted molar refractivity (Wildman–Crippen MR) is 90.5 cm³/mol. The normalized spacial score (nSPS) is 20.1. The lowest BCUT2D eigenvalue weighted by Crippen LogP contribution is -2.37. The van der Waals surface area contributed by atoms with Crippen LogP contribution in [0, 0.1) is 5.92 Å². The molecule has 5 nitrogen and oxygen atoms in total. The van der Waals surface area contributed by atoms with Gasteiger partial charge in [0.25, 0.3) is 5.91 Å². The summed E-state index contributed by atoms with van der Waals surface area (Å²) < 4.78 is 5.45. The molecular weight excluding hydrogens is 302 g/mol. The molecule has 0 N–H and O–H groups in total. The van der Waals surface area contributed by atoms with Crippen LogP contribution in [0.3, 0.4) is 0 Å². The second-order valence-electron chi connectivity index (χ2n) is 6.58. The highest BCUT2D eigenvalue weighted by Gasteiger charge is 2.35. The number of hydrogen-bond donors (Lipinski definition) is 0. The van der Waals surface area contributed by atoms with E-state index >= 15 is 0 Å². The molecule has 1 amide bonds. The number of rotatable bonds is 5. The number of benzene rings is 1. The minimum atomic E-state index is 0.0454. The summed E-state index contributed by atoms with van der Waals surface area (Å²) in [6, 6.07) is 10.2. The van der Waals surface area contributed by atoms with E-state index in [0.29, 0.717) is 23.3 Å². The lowest BCUT2D eigenvalue weighted by Gasteiger charge is -2.25. The SMILES string of the molecule is O=C(c1cnc(-c2ccccc2)nc1)N(C[C@H]1CCOC1)C1CC1. The van der Waals surface area contributed by atoms with E-state index in [1.165, 1.54) is 0 Å². The number of aromatic nitrogens is 2. The van der Waals surface area contributed by atoms with E-state index in [1.54, 1.807) is 12.4 Å². The van der Waals surface area contributed by atoms with Gasteiger partial charge in [-0.25, -0.2) is 9.97 Å². The van der Waals surface area contributed by atoms with E-state index in [4.69, 9.17) is 4.74 Å². The molecule has 1 aliphatic heterocycles. The Morgan fingerprint density at radius 1 is 1.12 bits per heavy atom. The Bertz CT molecular complexity index is 692. The van der Waals surface area contributed by atoms with Gasteiger partial charge in [-0.3, -0.25) is 4.79 Å². The summed E-state index contributed by atoms with van der Waals surface area (Å²) in [4.78, 5) is 23.6. The van der Waals surface area contributed by atoms with Gasteiger partial charge in [-0.2, -0.15) is 0 Å². The third-order valence-corrected chi connectivity index (χ3v) is 4.66. The van der Waals surface area contributed by atoms with Crippen LogP contribution in [0.4, 0.5) is 0 Å². The third kappa shape index (κ3) is 3.31. The summed E-state index contributed by atoms with van der Waals surface area (Å²) in [6.45, 7) is 2.36. The number of amides is 1. The highest BCUT2D eigenvalue weighted by molar-refractivity contribution is 5.94. The summed E-state index contributed by atoms with van der Waals surface area (Å²) in [5.74, 6) is 1.15. The number of carbonyl (C=O) groups is 1. The smallest absolute Gasteiger partial charge is 0.257 e. The molecule has 1 saturated carbocycles. The highest BCUT2D eigenvalue weighted by Crippen LogP contribution is 2.30. The Hall–Kier alpha value is -2.27. The monoisotopic (exact) mass is 323 g/mol. The average Bonchev–Trinajstić information content (AvgIpc) is 3.36. The molecule has 0 radical (unpaired) electrons. The molecule has 4 rings (SSSR count). The summed E-state index contributed by atoms with van der Waals surface area (Å²) in [6.07, 6.45) is 6.54. The number of ether oxygens (including phenoxy) is 1. The van der Waals surface area contributed by atoms with Gasteiger partial charge >= 0.3 is 0 Å². The first-order valence-electron chi connectivity index (χ1n) is 8.57. The second kappa shape index (κ2) is 6.69. The topological polar surface area (TPSA) is 55.3 Å². The Morgan fingerprint density at radius 2 is 1.88 bits per heavy atom. The van der Waals surface area contributed by atoms with Crippen molar-refractivity contribution in [1.29, 1.82) is 0 Å². The van der Waals surface area contributed by atoms with Gasteiger partial charge in [-0.15, -0.1) is 0 Å². The fraction of sp³-hybridized carbons (Fsp3) is 0.421. The first-order chi connectivity index (χ1) is 11.8. The van der Waals surface area contributed by atoms with Crippen LogP contribution in [-0.2, 0) is 4.74 Å². The number of hydrogen-bond acceptors (Lipinski definition) is 4. The van der Waals surface area contributed by atoms with Crippen LogP contribution in [0.2, 0.25) is 0 Å². The van der Waals surface area contributed by atoms with Gasteiger partial charge in [-0.1, -0.05) is 30.3 Å². The summed E-state index contributed by atoms with van der Waals surface area (Å²) >= 11 is 0. The number of nitrogens with zero attached hydrogens (tertiary/aromatic N) is 3. The minimum Gasteiger partial charge on any atom is -0.381 e. The van der Waals surface area contributed by atoms with E-state index in [0.717, 1.165) is 44.6 Å². The van der Waals surface area contributed by atoms with Crippen LogP contribution in [-0.4, -0.2) is 46.6 Å². The summed E-state index contributed by atoms with van der Waals surface area (Å²) in [5.41, 5.74) is 1.53. The van der Waals surface area contributed by atoms with Crippen LogP contribution in [0.25, 0.3) is 11.4 Å². The van der Waals surface area contributed by atoms with Crippen LogP contribution < -0.4 is 0 Å². The van der Waals surface area contributed by atoms with Crippen LogP contribution in [0.1, 0.15) is 29.6 Å². The van der Waals surface area contributed by atoms with E-state index in [9.17, 15) is 4.79 Å². The Balaban J connectivity index is 1.50. The molecule has 24 heavy (non-hydrogen) atoms. The van der Waals surface area contributed by atoms with Gasteiger partial charge in [-0.05, 0) is 19.3 Å². The molecule has 2 aromatic rings. The molecule has 2 fully saturated rings. The van der Waals surface area contributed by atoms with Crippen molar-refractivity contribution in [3.05, 3.63) is 48.3 Å². The molecule has 1 aromatic heterocycles. The third-order valence-electron chi connectivity index (χ3n) is 4.66. The molecule has 1 aliphatic carbocycles. The van der Waals surface area contributed by atoms with E-state index in [-0.39, 0.29) is 5.91 Å². The Morgan fingerprint density at radius 3 is 2.50 bits per heavy atom. The van der Waals surface area contributed by atoms with Crippen molar-refractivity contribution in [3.63, 3.8) is 0 Å². The largest absolute Gasteiger partial charge is 0.381 e. The number of carbonyl (C=O) groups excluding carboxylic acids is 1. The zero-order valence-electron chi connectivity index (χ0n) is 13.6. The first-order valence-corrected chi connectivity index (χ1v) is 8.57. The lowest BCUT2D eigenvalue weighted by atomic mass is 10.1. The Kier molecular flexibility index (Phi) is 4.26. The molecule has 1 atom stereocenters. The van der Waals surface area contributed by atoms with Crippen molar-refractivity contribution in [2.45, 2.75) is 25.3 Å². The zero-order chi connectivity index (χ0) is 16.4. The fourth-order valence-electron chi connectivity index (χ4n) is 3.13. The van der Waals surface area contributed by atoms with Crippen molar-refractivity contribution in [2.24, 2.45) is 5.92 Å². The molecule has 0 unspecified atom stereocenters. The first kappa shape index (κ1) is 15.3. The Labute approximate surface area is 141 Å². The zero-order valence-corrected chi connectivity index (χ0v) is 13.6. The molecule has 0 spiro atoms. The molecule has 1 aromatic carbocycles. The maximum Gasteiger partial charge on any atom is 0.257 e. The van der Waals surface area contributed by atoms with Gasteiger partial charge < -0.3 is 9.64 Å². The lowest BCUT2D eigenvalue weighted by molar-refractivity contribution is 0.0705. The van der Waals surface area contributed by atoms with Crippen molar-refractivity contribution in [3.8, 4) is 11.4 Å². The molecule has 124 valence electrons. The van der Waals surface area contributed by atoms with Gasteiger partial charge in [0.2, 0.25) is 0 Å². The minimum absolute atomic E-state index is 0.0454. The van der Waals surface area contributed by atoms with E-state index in [1.807, 2.05) is 35.2 Å². The second-order valence-corrected chi connectivity index (χ2v) is 6.58. The van der Waals surface area contributed by atoms with Crippen LogP contribution in [0.5, 0.6) is 0 Å². The van der Waals surface area contributed by atoms with Crippen LogP contribution >= 0.6 is 0 Å². The fourth-order valence-corrected chi connectivity index (χ4v) is 3.13. The van der Waals surface area contributed by atoms with Crippen molar-refractivity contribution < 1.29 is 9.53 Å². The molecule has 0 bridgehead atoms. The van der Waals surface area contributed by atoms with Gasteiger partial charge in [0.1, 0.15) is 0 Å². The van der Waals surface area contributed by atoms with Crippen molar-refractivity contribution >= 4 is 5.91 Å². The quantitative estimate of drug-likeness (QED) is 0.849. The van der Waals surface area contributed by atoms with Gasteiger partial charge in [0.15, 0.2) is 5.82 Å². The van der Waals surface area contributed by atoms with Gasteiger partial charge in [0.05, 0.1) is 12.2 Å². The van der Waals surface area contributed by atoms with E-state index in [2.05, 4.69) is 9.97 Å². The standard InChI is InChI=1S/C19H21N3O2/c23-19(22(17-6-7-17)12-14-8-9-24-13-14)16-10-20-18(21-11-16)15-4-2-1-3-5-15/h1-5,10-11,14,17H,6-9,12-13H2/t14-/m1/s1. The molecule has 1 saturated heterocycles. The van der Waals surface area contributed by atoms with Gasteiger partial charge in [0, 0.05) is 43.1 Å². The highest BCUT2D eigenvalue weighted by atomic mass is 16.5. The average molecular weight is 323 g/mol. The molecular formula is C19H21N3O2. The predicted octanol–water partition coefficient (Wildman–Crippen LogP) is 2.78. The molecule has 5 heteroatoms. The van der Waals surface area contributed by atoms with E-state index < -0.39 is 0 Å². The van der Waals surface area contributed by atoms with Crippen LogP contribution in [0.15, 0.2) is 42.7 Å². The summed E-state index contributed by atoms with van der Waals surface area (Å²) in [5, 5.41) is 0. The maximum atomic E-state index is 12.9.